The van der Waals surface area contributed by atoms with Crippen molar-refractivity contribution in [2.75, 3.05) is 13.2 Å². The molecule has 2 unspecified atom stereocenters. The third kappa shape index (κ3) is 5.27. The minimum absolute atomic E-state index is 0.275. The molecular weight excluding hydrogens is 162 g/mol. The summed E-state index contributed by atoms with van der Waals surface area (Å²) in [6.07, 6.45) is 2.48. The quantitative estimate of drug-likeness (QED) is 0.639. The number of rotatable bonds is 7. The zero-order chi connectivity index (χ0) is 10.3. The highest BCUT2D eigenvalue weighted by atomic mass is 16.3. The van der Waals surface area contributed by atoms with E-state index in [-0.39, 0.29) is 6.61 Å². The Labute approximate surface area is 82.7 Å². The molecule has 0 amide bonds. The number of aliphatic hydroxyl groups excluding tert-OH is 1. The molecule has 0 saturated carbocycles. The van der Waals surface area contributed by atoms with E-state index in [1.54, 1.807) is 0 Å². The van der Waals surface area contributed by atoms with Crippen LogP contribution in [0.25, 0.3) is 0 Å². The van der Waals surface area contributed by atoms with Crippen molar-refractivity contribution in [3.05, 3.63) is 0 Å². The maximum atomic E-state index is 8.94. The van der Waals surface area contributed by atoms with Gasteiger partial charge >= 0.3 is 0 Å². The molecule has 0 saturated heterocycles. The minimum Gasteiger partial charge on any atom is -0.396 e. The fraction of sp³-hybridized carbons (Fsp3) is 1.00. The zero-order valence-corrected chi connectivity index (χ0v) is 9.51. The first-order valence-corrected chi connectivity index (χ1v) is 5.49. The summed E-state index contributed by atoms with van der Waals surface area (Å²) in [6, 6.07) is 0.422. The van der Waals surface area contributed by atoms with Crippen LogP contribution in [0.2, 0.25) is 0 Å². The van der Waals surface area contributed by atoms with Crippen molar-refractivity contribution in [1.82, 2.24) is 5.32 Å². The van der Waals surface area contributed by atoms with E-state index in [4.69, 9.17) is 5.11 Å². The maximum Gasteiger partial charge on any atom is 0.0471 e. The molecule has 2 heteroatoms. The highest BCUT2D eigenvalue weighted by molar-refractivity contribution is 4.69. The predicted molar refractivity (Wildman–Crippen MR) is 57.8 cm³/mol. The Morgan fingerprint density at radius 1 is 1.15 bits per heavy atom. The molecule has 13 heavy (non-hydrogen) atoms. The van der Waals surface area contributed by atoms with E-state index in [1.807, 2.05) is 0 Å². The highest BCUT2D eigenvalue weighted by Crippen LogP contribution is 2.07. The molecular formula is C11H25NO. The average Bonchev–Trinajstić information content (AvgIpc) is 2.17. The molecule has 80 valence electrons. The molecule has 2 N–H and O–H groups in total. The summed E-state index contributed by atoms with van der Waals surface area (Å²) >= 11 is 0. The van der Waals surface area contributed by atoms with Gasteiger partial charge in [-0.1, -0.05) is 33.6 Å². The van der Waals surface area contributed by atoms with Crippen LogP contribution < -0.4 is 5.32 Å². The van der Waals surface area contributed by atoms with Gasteiger partial charge < -0.3 is 10.4 Å². The molecule has 0 aromatic carbocycles. The lowest BCUT2D eigenvalue weighted by Crippen LogP contribution is -2.36. The molecule has 0 aliphatic carbocycles. The van der Waals surface area contributed by atoms with Crippen LogP contribution in [0.5, 0.6) is 0 Å². The van der Waals surface area contributed by atoms with Gasteiger partial charge in [-0.05, 0) is 25.3 Å². The number of hydrogen-bond donors (Lipinski definition) is 2. The summed E-state index contributed by atoms with van der Waals surface area (Å²) in [5.74, 6) is 1.14. The Bertz CT molecular complexity index is 113. The van der Waals surface area contributed by atoms with E-state index >= 15 is 0 Å². The van der Waals surface area contributed by atoms with Crippen LogP contribution in [0, 0.1) is 11.8 Å². The smallest absolute Gasteiger partial charge is 0.0471 e. The van der Waals surface area contributed by atoms with E-state index in [0.29, 0.717) is 12.0 Å². The molecule has 0 heterocycles. The molecule has 0 aromatic rings. The molecule has 0 aliphatic rings. The van der Waals surface area contributed by atoms with Crippen molar-refractivity contribution in [1.29, 1.82) is 0 Å². The van der Waals surface area contributed by atoms with Gasteiger partial charge in [0.2, 0.25) is 0 Å². The summed E-state index contributed by atoms with van der Waals surface area (Å²) < 4.78 is 0. The maximum absolute atomic E-state index is 8.94. The third-order valence-corrected chi connectivity index (χ3v) is 3.02. The predicted octanol–water partition coefficient (Wildman–Crippen LogP) is 2.03. The number of hydrogen-bond acceptors (Lipinski definition) is 2. The van der Waals surface area contributed by atoms with Crippen molar-refractivity contribution in [2.24, 2.45) is 11.8 Å². The molecule has 0 radical (unpaired) electrons. The van der Waals surface area contributed by atoms with Crippen LogP contribution in [-0.4, -0.2) is 24.3 Å². The SMILES string of the molecule is CCC(CC)CNC(C)C(C)CO. The first-order chi connectivity index (χ1) is 6.15. The van der Waals surface area contributed by atoms with Gasteiger partial charge in [0.15, 0.2) is 0 Å². The number of nitrogens with one attached hydrogen (secondary N) is 1. The second-order valence-electron chi connectivity index (χ2n) is 4.04. The normalized spacial score (nSPS) is 16.2. The lowest BCUT2D eigenvalue weighted by molar-refractivity contribution is 0.204. The minimum atomic E-state index is 0.275. The van der Waals surface area contributed by atoms with Crippen molar-refractivity contribution < 1.29 is 5.11 Å². The van der Waals surface area contributed by atoms with E-state index in [2.05, 4.69) is 33.0 Å². The molecule has 0 bridgehead atoms. The lowest BCUT2D eigenvalue weighted by atomic mass is 10.0. The van der Waals surface area contributed by atoms with Gasteiger partial charge in [0.05, 0.1) is 0 Å². The van der Waals surface area contributed by atoms with Crippen molar-refractivity contribution in [3.8, 4) is 0 Å². The van der Waals surface area contributed by atoms with Gasteiger partial charge in [0, 0.05) is 12.6 Å². The van der Waals surface area contributed by atoms with Gasteiger partial charge in [0.25, 0.3) is 0 Å². The second kappa shape index (κ2) is 7.34. The van der Waals surface area contributed by atoms with Crippen LogP contribution in [0.3, 0.4) is 0 Å². The van der Waals surface area contributed by atoms with Gasteiger partial charge in [-0.25, -0.2) is 0 Å². The summed E-state index contributed by atoms with van der Waals surface area (Å²) in [5, 5.41) is 12.4. The van der Waals surface area contributed by atoms with Crippen LogP contribution >= 0.6 is 0 Å². The molecule has 0 aliphatic heterocycles. The standard InChI is InChI=1S/C11H25NO/c1-5-11(6-2)7-12-10(4)9(3)8-13/h9-13H,5-8H2,1-4H3. The molecule has 2 atom stereocenters. The first-order valence-electron chi connectivity index (χ1n) is 5.49. The highest BCUT2D eigenvalue weighted by Gasteiger charge is 2.11. The van der Waals surface area contributed by atoms with Gasteiger partial charge in [-0.3, -0.25) is 0 Å². The summed E-state index contributed by atoms with van der Waals surface area (Å²) in [4.78, 5) is 0. The van der Waals surface area contributed by atoms with E-state index in [0.717, 1.165) is 12.5 Å². The van der Waals surface area contributed by atoms with Crippen LogP contribution in [-0.2, 0) is 0 Å². The van der Waals surface area contributed by atoms with Crippen LogP contribution in [0.4, 0.5) is 0 Å². The largest absolute Gasteiger partial charge is 0.396 e. The first kappa shape index (κ1) is 12.9. The molecule has 0 aromatic heterocycles. The van der Waals surface area contributed by atoms with Gasteiger partial charge in [-0.2, -0.15) is 0 Å². The topological polar surface area (TPSA) is 32.3 Å². The Morgan fingerprint density at radius 2 is 1.69 bits per heavy atom. The Hall–Kier alpha value is -0.0800. The monoisotopic (exact) mass is 187 g/mol. The fourth-order valence-electron chi connectivity index (χ4n) is 1.29. The Morgan fingerprint density at radius 3 is 2.08 bits per heavy atom. The van der Waals surface area contributed by atoms with E-state index < -0.39 is 0 Å². The Balaban J connectivity index is 3.61. The third-order valence-electron chi connectivity index (χ3n) is 3.02. The fourth-order valence-corrected chi connectivity index (χ4v) is 1.29. The zero-order valence-electron chi connectivity index (χ0n) is 9.51. The van der Waals surface area contributed by atoms with E-state index in [9.17, 15) is 0 Å². The summed E-state index contributed by atoms with van der Waals surface area (Å²) in [6.45, 7) is 10.0. The van der Waals surface area contributed by atoms with E-state index in [1.165, 1.54) is 12.8 Å². The summed E-state index contributed by atoms with van der Waals surface area (Å²) in [7, 11) is 0. The van der Waals surface area contributed by atoms with Crippen molar-refractivity contribution in [3.63, 3.8) is 0 Å². The lowest BCUT2D eigenvalue weighted by Gasteiger charge is -2.22. The van der Waals surface area contributed by atoms with Gasteiger partial charge in [0.1, 0.15) is 0 Å². The van der Waals surface area contributed by atoms with Crippen LogP contribution in [0.1, 0.15) is 40.5 Å². The van der Waals surface area contributed by atoms with Crippen molar-refractivity contribution in [2.45, 2.75) is 46.6 Å². The second-order valence-corrected chi connectivity index (χ2v) is 4.04. The van der Waals surface area contributed by atoms with Crippen LogP contribution in [0.15, 0.2) is 0 Å². The van der Waals surface area contributed by atoms with Gasteiger partial charge in [-0.15, -0.1) is 0 Å². The Kier molecular flexibility index (Phi) is 7.29. The molecule has 2 nitrogen and oxygen atoms in total. The number of aliphatic hydroxyl groups is 1. The van der Waals surface area contributed by atoms with Crippen molar-refractivity contribution >= 4 is 0 Å². The average molecular weight is 187 g/mol. The summed E-state index contributed by atoms with van der Waals surface area (Å²) in [5.41, 5.74) is 0. The molecule has 0 rings (SSSR count). The molecule has 0 spiro atoms. The molecule has 0 fully saturated rings.